The fourth-order valence-electron chi connectivity index (χ4n) is 1.92. The van der Waals surface area contributed by atoms with Crippen LogP contribution in [0, 0.1) is 6.92 Å². The Labute approximate surface area is 112 Å². The van der Waals surface area contributed by atoms with Crippen LogP contribution >= 0.6 is 11.6 Å². The summed E-state index contributed by atoms with van der Waals surface area (Å²) in [5.74, 6) is 0.656. The number of fused-ring (bicyclic) bond motifs is 1. The molecule has 1 aromatic heterocycles. The van der Waals surface area contributed by atoms with Crippen molar-refractivity contribution in [2.24, 2.45) is 0 Å². The summed E-state index contributed by atoms with van der Waals surface area (Å²) in [5, 5.41) is 5.04. The number of aryl methyl sites for hydroxylation is 1. The summed E-state index contributed by atoms with van der Waals surface area (Å²) in [4.78, 5) is 4.52. The van der Waals surface area contributed by atoms with E-state index in [4.69, 9.17) is 16.3 Å². The Balaban J connectivity index is 2.59. The first kappa shape index (κ1) is 13.0. The summed E-state index contributed by atoms with van der Waals surface area (Å²) in [6.45, 7) is 5.05. The summed E-state index contributed by atoms with van der Waals surface area (Å²) in [7, 11) is 1.61. The van der Waals surface area contributed by atoms with Crippen LogP contribution in [-0.4, -0.2) is 18.6 Å². The molecule has 1 heterocycles. The predicted octanol–water partition coefficient (Wildman–Crippen LogP) is 4.03. The maximum atomic E-state index is 6.17. The first-order valence-electron chi connectivity index (χ1n) is 6.04. The smallest absolute Gasteiger partial charge is 0.139 e. The number of rotatable bonds is 4. The lowest BCUT2D eigenvalue weighted by molar-refractivity contribution is 0.415. The van der Waals surface area contributed by atoms with Crippen molar-refractivity contribution in [2.75, 3.05) is 19.0 Å². The lowest BCUT2D eigenvalue weighted by atomic mass is 10.1. The Morgan fingerprint density at radius 2 is 2.11 bits per heavy atom. The van der Waals surface area contributed by atoms with Gasteiger partial charge in [-0.25, -0.2) is 0 Å². The average molecular weight is 265 g/mol. The number of ether oxygens (including phenoxy) is 1. The second kappa shape index (κ2) is 5.44. The molecule has 1 N–H and O–H groups in total. The van der Waals surface area contributed by atoms with Gasteiger partial charge in [0.1, 0.15) is 5.75 Å². The second-order valence-electron chi connectivity index (χ2n) is 4.24. The van der Waals surface area contributed by atoms with Gasteiger partial charge in [-0.1, -0.05) is 18.5 Å². The highest BCUT2D eigenvalue weighted by atomic mass is 35.5. The van der Waals surface area contributed by atoms with E-state index in [0.29, 0.717) is 10.8 Å². The third-order valence-electron chi connectivity index (χ3n) is 2.78. The molecule has 1 aromatic carbocycles. The summed E-state index contributed by atoms with van der Waals surface area (Å²) in [6, 6.07) is 5.82. The molecule has 0 unspecified atom stereocenters. The summed E-state index contributed by atoms with van der Waals surface area (Å²) < 4.78 is 5.22. The minimum atomic E-state index is 0.607. The fourth-order valence-corrected chi connectivity index (χ4v) is 2.16. The highest BCUT2D eigenvalue weighted by Gasteiger charge is 2.08. The summed E-state index contributed by atoms with van der Waals surface area (Å²) in [6.07, 6.45) is 1.08. The number of nitrogens with zero attached hydrogens (tertiary/aromatic N) is 1. The number of pyridine rings is 1. The van der Waals surface area contributed by atoms with Gasteiger partial charge < -0.3 is 10.1 Å². The lowest BCUT2D eigenvalue weighted by Crippen LogP contribution is -2.02. The molecule has 2 aromatic rings. The molecule has 0 saturated carbocycles. The molecular weight excluding hydrogens is 248 g/mol. The van der Waals surface area contributed by atoms with E-state index in [1.165, 1.54) is 0 Å². The van der Waals surface area contributed by atoms with E-state index in [1.54, 1.807) is 7.11 Å². The minimum Gasteiger partial charge on any atom is -0.495 e. The van der Waals surface area contributed by atoms with Crippen molar-refractivity contribution >= 4 is 28.2 Å². The number of hydrogen-bond acceptors (Lipinski definition) is 3. The second-order valence-corrected chi connectivity index (χ2v) is 4.65. The monoisotopic (exact) mass is 264 g/mol. The highest BCUT2D eigenvalue weighted by Crippen LogP contribution is 2.33. The van der Waals surface area contributed by atoms with Crippen LogP contribution in [0.4, 0.5) is 5.69 Å². The lowest BCUT2D eigenvalue weighted by Gasteiger charge is -2.12. The number of nitrogens with one attached hydrogen (secondary N) is 1. The van der Waals surface area contributed by atoms with Gasteiger partial charge in [-0.3, -0.25) is 4.98 Å². The molecule has 0 radical (unpaired) electrons. The van der Waals surface area contributed by atoms with Crippen LogP contribution in [0.25, 0.3) is 10.9 Å². The SMILES string of the molecule is CCCNc1cc(C)nc2cc(OC)c(Cl)cc12. The third-order valence-corrected chi connectivity index (χ3v) is 3.07. The zero-order chi connectivity index (χ0) is 13.1. The van der Waals surface area contributed by atoms with E-state index in [-0.39, 0.29) is 0 Å². The zero-order valence-electron chi connectivity index (χ0n) is 10.9. The molecule has 0 fully saturated rings. The van der Waals surface area contributed by atoms with Gasteiger partial charge in [-0.2, -0.15) is 0 Å². The van der Waals surface area contributed by atoms with Crippen molar-refractivity contribution < 1.29 is 4.74 Å². The maximum absolute atomic E-state index is 6.17. The van der Waals surface area contributed by atoms with Gasteiger partial charge in [-0.05, 0) is 25.5 Å². The number of aromatic nitrogens is 1. The van der Waals surface area contributed by atoms with Gasteiger partial charge in [0.05, 0.1) is 17.6 Å². The van der Waals surface area contributed by atoms with E-state index < -0.39 is 0 Å². The number of hydrogen-bond donors (Lipinski definition) is 1. The van der Waals surface area contributed by atoms with Gasteiger partial charge in [0.2, 0.25) is 0 Å². The van der Waals surface area contributed by atoms with Crippen LogP contribution in [0.15, 0.2) is 18.2 Å². The molecule has 0 bridgehead atoms. The average Bonchev–Trinajstić information content (AvgIpc) is 2.35. The fraction of sp³-hybridized carbons (Fsp3) is 0.357. The molecule has 2 rings (SSSR count). The van der Waals surface area contributed by atoms with Crippen molar-refractivity contribution in [1.82, 2.24) is 4.98 Å². The molecule has 0 aliphatic rings. The number of anilines is 1. The van der Waals surface area contributed by atoms with Crippen molar-refractivity contribution in [1.29, 1.82) is 0 Å². The topological polar surface area (TPSA) is 34.2 Å². The minimum absolute atomic E-state index is 0.607. The number of methoxy groups -OCH3 is 1. The Morgan fingerprint density at radius 1 is 1.33 bits per heavy atom. The standard InChI is InChI=1S/C14H17ClN2O/c1-4-5-16-12-6-9(2)17-13-8-14(18-3)11(15)7-10(12)13/h6-8H,4-5H2,1-3H3,(H,16,17). The van der Waals surface area contributed by atoms with Crippen molar-refractivity contribution in [3.63, 3.8) is 0 Å². The molecule has 0 amide bonds. The van der Waals surface area contributed by atoms with Crippen LogP contribution in [0.1, 0.15) is 19.0 Å². The van der Waals surface area contributed by atoms with Crippen LogP contribution in [-0.2, 0) is 0 Å². The van der Waals surface area contributed by atoms with E-state index in [0.717, 1.165) is 35.2 Å². The van der Waals surface area contributed by atoms with Gasteiger partial charge in [0, 0.05) is 29.4 Å². The molecule has 0 saturated heterocycles. The highest BCUT2D eigenvalue weighted by molar-refractivity contribution is 6.33. The van der Waals surface area contributed by atoms with Crippen molar-refractivity contribution in [2.45, 2.75) is 20.3 Å². The van der Waals surface area contributed by atoms with E-state index in [9.17, 15) is 0 Å². The van der Waals surface area contributed by atoms with E-state index >= 15 is 0 Å². The summed E-state index contributed by atoms with van der Waals surface area (Å²) in [5.41, 5.74) is 2.95. The van der Waals surface area contributed by atoms with E-state index in [2.05, 4.69) is 17.2 Å². The Bertz CT molecular complexity index is 569. The molecule has 3 nitrogen and oxygen atoms in total. The number of benzene rings is 1. The first-order valence-corrected chi connectivity index (χ1v) is 6.42. The molecule has 0 aliphatic carbocycles. The van der Waals surface area contributed by atoms with Crippen molar-refractivity contribution in [3.05, 3.63) is 28.9 Å². The molecular formula is C14H17ClN2O. The molecule has 18 heavy (non-hydrogen) atoms. The molecule has 96 valence electrons. The predicted molar refractivity (Wildman–Crippen MR) is 76.8 cm³/mol. The summed E-state index contributed by atoms with van der Waals surface area (Å²) >= 11 is 6.17. The Hall–Kier alpha value is -1.48. The van der Waals surface area contributed by atoms with Crippen LogP contribution in [0.5, 0.6) is 5.75 Å². The van der Waals surface area contributed by atoms with Crippen LogP contribution in [0.3, 0.4) is 0 Å². The molecule has 4 heteroatoms. The van der Waals surface area contributed by atoms with Gasteiger partial charge >= 0.3 is 0 Å². The Kier molecular flexibility index (Phi) is 3.92. The van der Waals surface area contributed by atoms with Gasteiger partial charge in [0.25, 0.3) is 0 Å². The Morgan fingerprint density at radius 3 is 2.78 bits per heavy atom. The molecule has 0 aliphatic heterocycles. The van der Waals surface area contributed by atoms with E-state index in [1.807, 2.05) is 25.1 Å². The zero-order valence-corrected chi connectivity index (χ0v) is 11.6. The quantitative estimate of drug-likeness (QED) is 0.905. The first-order chi connectivity index (χ1) is 8.65. The molecule has 0 atom stereocenters. The van der Waals surface area contributed by atoms with Gasteiger partial charge in [0.15, 0.2) is 0 Å². The van der Waals surface area contributed by atoms with Crippen LogP contribution in [0.2, 0.25) is 5.02 Å². The number of halogens is 1. The maximum Gasteiger partial charge on any atom is 0.139 e. The van der Waals surface area contributed by atoms with Gasteiger partial charge in [-0.15, -0.1) is 0 Å². The van der Waals surface area contributed by atoms with Crippen LogP contribution < -0.4 is 10.1 Å². The largest absolute Gasteiger partial charge is 0.495 e. The third kappa shape index (κ3) is 2.51. The normalized spacial score (nSPS) is 10.7. The van der Waals surface area contributed by atoms with Crippen molar-refractivity contribution in [3.8, 4) is 5.75 Å². The molecule has 0 spiro atoms.